The minimum absolute atomic E-state index is 0.238. The Hall–Kier alpha value is -2.82. The molecule has 0 aromatic heterocycles. The van der Waals surface area contributed by atoms with E-state index in [1.54, 1.807) is 18.2 Å². The largest absolute Gasteiger partial charge is 0.493 e. The molecule has 0 spiro atoms. The van der Waals surface area contributed by atoms with Gasteiger partial charge in [0.15, 0.2) is 11.5 Å². The summed E-state index contributed by atoms with van der Waals surface area (Å²) in [6.45, 7) is 1.89. The third kappa shape index (κ3) is 3.44. The number of hydrogen-bond donors (Lipinski definition) is 0. The summed E-state index contributed by atoms with van der Waals surface area (Å²) in [5.74, 6) is -0.465. The molecule has 0 N–H and O–H groups in total. The first-order valence-electron chi connectivity index (χ1n) is 6.60. The predicted molar refractivity (Wildman–Crippen MR) is 80.5 cm³/mol. The maximum atomic E-state index is 12.1. The first-order chi connectivity index (χ1) is 10.5. The smallest absolute Gasteiger partial charge is 0.343 e. The Kier molecular flexibility index (Phi) is 4.78. The monoisotopic (exact) mass is 300 g/mol. The van der Waals surface area contributed by atoms with Gasteiger partial charge in [0.1, 0.15) is 0 Å². The first-order valence-corrected chi connectivity index (χ1v) is 6.60. The molecular weight excluding hydrogens is 284 g/mol. The molecule has 2 aromatic rings. The van der Waals surface area contributed by atoms with E-state index in [4.69, 9.17) is 9.47 Å². The van der Waals surface area contributed by atoms with E-state index in [0.29, 0.717) is 11.1 Å². The number of hydrogen-bond acceptors (Lipinski definition) is 5. The van der Waals surface area contributed by atoms with Crippen molar-refractivity contribution in [3.63, 3.8) is 0 Å². The van der Waals surface area contributed by atoms with Crippen LogP contribution in [0.15, 0.2) is 42.5 Å². The first kappa shape index (κ1) is 15.6. The maximum Gasteiger partial charge on any atom is 0.343 e. The summed E-state index contributed by atoms with van der Waals surface area (Å²) in [6, 6.07) is 11.5. The van der Waals surface area contributed by atoms with Crippen LogP contribution in [-0.2, 0) is 4.74 Å². The molecule has 5 heteroatoms. The van der Waals surface area contributed by atoms with E-state index in [0.717, 1.165) is 5.56 Å². The van der Waals surface area contributed by atoms with E-state index >= 15 is 0 Å². The molecule has 0 fully saturated rings. The van der Waals surface area contributed by atoms with Crippen LogP contribution in [0.25, 0.3) is 0 Å². The molecule has 0 saturated heterocycles. The SMILES string of the molecule is COC(=O)c1ccc(OC(=O)c2cccc(C)c2)c(OC)c1. The normalized spacial score (nSPS) is 9.95. The lowest BCUT2D eigenvalue weighted by atomic mass is 10.1. The van der Waals surface area contributed by atoms with E-state index in [-0.39, 0.29) is 11.5 Å². The van der Waals surface area contributed by atoms with Crippen molar-refractivity contribution in [3.05, 3.63) is 59.2 Å². The number of esters is 2. The molecule has 0 aliphatic carbocycles. The van der Waals surface area contributed by atoms with Crippen LogP contribution < -0.4 is 9.47 Å². The number of carbonyl (C=O) groups excluding carboxylic acids is 2. The van der Waals surface area contributed by atoms with Crippen LogP contribution in [0.2, 0.25) is 0 Å². The van der Waals surface area contributed by atoms with Gasteiger partial charge in [-0.1, -0.05) is 17.7 Å². The number of carbonyl (C=O) groups is 2. The van der Waals surface area contributed by atoms with Crippen LogP contribution in [0.5, 0.6) is 11.5 Å². The Labute approximate surface area is 128 Å². The third-order valence-corrected chi connectivity index (χ3v) is 3.04. The van der Waals surface area contributed by atoms with Crippen LogP contribution in [-0.4, -0.2) is 26.2 Å². The molecule has 2 rings (SSSR count). The molecule has 0 saturated carbocycles. The van der Waals surface area contributed by atoms with Crippen LogP contribution in [0.4, 0.5) is 0 Å². The van der Waals surface area contributed by atoms with Crippen LogP contribution >= 0.6 is 0 Å². The van der Waals surface area contributed by atoms with Crippen molar-refractivity contribution in [3.8, 4) is 11.5 Å². The minimum Gasteiger partial charge on any atom is -0.493 e. The lowest BCUT2D eigenvalue weighted by Gasteiger charge is -2.10. The second kappa shape index (κ2) is 6.76. The van der Waals surface area contributed by atoms with Crippen molar-refractivity contribution in [2.45, 2.75) is 6.92 Å². The molecule has 0 aliphatic rings. The summed E-state index contributed by atoms with van der Waals surface area (Å²) >= 11 is 0. The Bertz CT molecular complexity index is 706. The molecule has 0 heterocycles. The minimum atomic E-state index is -0.493. The number of rotatable bonds is 4. The molecule has 0 atom stereocenters. The third-order valence-electron chi connectivity index (χ3n) is 3.04. The fraction of sp³-hybridized carbons (Fsp3) is 0.176. The molecule has 0 amide bonds. The molecule has 2 aromatic carbocycles. The molecule has 5 nitrogen and oxygen atoms in total. The zero-order valence-corrected chi connectivity index (χ0v) is 12.6. The summed E-state index contributed by atoms with van der Waals surface area (Å²) in [5.41, 5.74) is 1.72. The van der Waals surface area contributed by atoms with Gasteiger partial charge in [0.25, 0.3) is 0 Å². The average Bonchev–Trinajstić information content (AvgIpc) is 2.54. The van der Waals surface area contributed by atoms with Crippen molar-refractivity contribution < 1.29 is 23.8 Å². The zero-order chi connectivity index (χ0) is 16.1. The summed E-state index contributed by atoms with van der Waals surface area (Å²) in [7, 11) is 2.72. The fourth-order valence-electron chi connectivity index (χ4n) is 1.93. The van der Waals surface area contributed by atoms with Gasteiger partial charge in [-0.3, -0.25) is 0 Å². The molecule has 114 valence electrons. The highest BCUT2D eigenvalue weighted by atomic mass is 16.6. The molecule has 22 heavy (non-hydrogen) atoms. The van der Waals surface area contributed by atoms with Gasteiger partial charge in [-0.25, -0.2) is 9.59 Å². The average molecular weight is 300 g/mol. The van der Waals surface area contributed by atoms with Crippen molar-refractivity contribution in [2.24, 2.45) is 0 Å². The Morgan fingerprint density at radius 1 is 0.864 bits per heavy atom. The highest BCUT2D eigenvalue weighted by Gasteiger charge is 2.15. The second-order valence-corrected chi connectivity index (χ2v) is 4.62. The molecular formula is C17H16O5. The van der Waals surface area contributed by atoms with Crippen molar-refractivity contribution >= 4 is 11.9 Å². The van der Waals surface area contributed by atoms with Gasteiger partial charge < -0.3 is 14.2 Å². The molecule has 0 radical (unpaired) electrons. The molecule has 0 unspecified atom stereocenters. The highest BCUT2D eigenvalue weighted by molar-refractivity contribution is 5.92. The Balaban J connectivity index is 2.25. The van der Waals surface area contributed by atoms with Gasteiger partial charge in [0.05, 0.1) is 25.3 Å². The Morgan fingerprint density at radius 2 is 1.59 bits per heavy atom. The zero-order valence-electron chi connectivity index (χ0n) is 12.6. The van der Waals surface area contributed by atoms with E-state index < -0.39 is 11.9 Å². The van der Waals surface area contributed by atoms with Gasteiger partial charge in [-0.2, -0.15) is 0 Å². The van der Waals surface area contributed by atoms with E-state index in [2.05, 4.69) is 4.74 Å². The van der Waals surface area contributed by atoms with Gasteiger partial charge >= 0.3 is 11.9 Å². The topological polar surface area (TPSA) is 61.8 Å². The number of benzene rings is 2. The van der Waals surface area contributed by atoms with Crippen LogP contribution in [0.1, 0.15) is 26.3 Å². The van der Waals surface area contributed by atoms with Crippen LogP contribution in [0, 0.1) is 6.92 Å². The van der Waals surface area contributed by atoms with Gasteiger partial charge in [-0.15, -0.1) is 0 Å². The van der Waals surface area contributed by atoms with E-state index in [1.807, 2.05) is 13.0 Å². The van der Waals surface area contributed by atoms with Gasteiger partial charge in [0, 0.05) is 0 Å². The van der Waals surface area contributed by atoms with Crippen molar-refractivity contribution in [1.82, 2.24) is 0 Å². The lowest BCUT2D eigenvalue weighted by Crippen LogP contribution is -2.10. The fourth-order valence-corrected chi connectivity index (χ4v) is 1.93. The predicted octanol–water partition coefficient (Wildman–Crippen LogP) is 3.01. The van der Waals surface area contributed by atoms with Crippen molar-refractivity contribution in [1.29, 1.82) is 0 Å². The second-order valence-electron chi connectivity index (χ2n) is 4.62. The number of methoxy groups -OCH3 is 2. The maximum absolute atomic E-state index is 12.1. The molecule has 0 bridgehead atoms. The molecule has 0 aliphatic heterocycles. The van der Waals surface area contributed by atoms with E-state index in [1.165, 1.54) is 32.4 Å². The highest BCUT2D eigenvalue weighted by Crippen LogP contribution is 2.29. The van der Waals surface area contributed by atoms with Crippen molar-refractivity contribution in [2.75, 3.05) is 14.2 Å². The summed E-state index contributed by atoms with van der Waals surface area (Å²) in [4.78, 5) is 23.6. The standard InChI is InChI=1S/C17H16O5/c1-11-5-4-6-12(9-11)17(19)22-14-8-7-13(16(18)21-3)10-15(14)20-2/h4-10H,1-3H3. The Morgan fingerprint density at radius 3 is 2.23 bits per heavy atom. The summed E-state index contributed by atoms with van der Waals surface area (Å²) < 4.78 is 15.1. The number of aryl methyl sites for hydroxylation is 1. The number of ether oxygens (including phenoxy) is 3. The van der Waals surface area contributed by atoms with Crippen LogP contribution in [0.3, 0.4) is 0 Å². The lowest BCUT2D eigenvalue weighted by molar-refractivity contribution is 0.0600. The quantitative estimate of drug-likeness (QED) is 0.641. The summed E-state index contributed by atoms with van der Waals surface area (Å²) in [6.07, 6.45) is 0. The van der Waals surface area contributed by atoms with Gasteiger partial charge in [-0.05, 0) is 37.3 Å². The van der Waals surface area contributed by atoms with E-state index in [9.17, 15) is 9.59 Å². The summed E-state index contributed by atoms with van der Waals surface area (Å²) in [5, 5.41) is 0. The van der Waals surface area contributed by atoms with Gasteiger partial charge in [0.2, 0.25) is 0 Å².